The Hall–Kier alpha value is -2.14. The van der Waals surface area contributed by atoms with Gasteiger partial charge in [-0.05, 0) is 39.2 Å². The average molecular weight is 340 g/mol. The van der Waals surface area contributed by atoms with E-state index >= 15 is 0 Å². The molecule has 1 aromatic carbocycles. The van der Waals surface area contributed by atoms with Crippen LogP contribution < -0.4 is 5.32 Å². The number of carbonyl (C=O) groups excluding carboxylic acids is 1. The smallest absolute Gasteiger partial charge is 0.237 e. The summed E-state index contributed by atoms with van der Waals surface area (Å²) in [7, 11) is 0. The Morgan fingerprint density at radius 3 is 2.72 bits per heavy atom. The van der Waals surface area contributed by atoms with Crippen molar-refractivity contribution in [3.8, 4) is 0 Å². The molecule has 0 spiro atoms. The Bertz CT molecular complexity index is 708. The highest BCUT2D eigenvalue weighted by atomic mass is 16.2. The van der Waals surface area contributed by atoms with Crippen LogP contribution in [0.3, 0.4) is 0 Å². The molecular weight excluding hydrogens is 312 g/mol. The minimum atomic E-state index is -0.133. The Labute approximate surface area is 150 Å². The fourth-order valence-corrected chi connectivity index (χ4v) is 3.34. The number of benzene rings is 1. The fraction of sp³-hybridized carbons (Fsp3) is 0.500. The molecule has 1 saturated heterocycles. The van der Waals surface area contributed by atoms with Gasteiger partial charge in [-0.2, -0.15) is 5.10 Å². The van der Waals surface area contributed by atoms with Crippen molar-refractivity contribution in [2.75, 3.05) is 13.1 Å². The van der Waals surface area contributed by atoms with Gasteiger partial charge in [0.15, 0.2) is 0 Å². The fourth-order valence-electron chi connectivity index (χ4n) is 3.34. The lowest BCUT2D eigenvalue weighted by molar-refractivity contribution is -0.125. The van der Waals surface area contributed by atoms with E-state index in [2.05, 4.69) is 54.4 Å². The molecule has 0 aliphatic carbocycles. The van der Waals surface area contributed by atoms with Crippen molar-refractivity contribution in [1.29, 1.82) is 0 Å². The topological polar surface area (TPSA) is 50.2 Å². The molecule has 2 heterocycles. The highest BCUT2D eigenvalue weighted by Gasteiger charge is 2.29. The van der Waals surface area contributed by atoms with E-state index in [0.717, 1.165) is 38.2 Å². The maximum atomic E-state index is 12.6. The Balaban J connectivity index is 1.81. The molecule has 1 aromatic heterocycles. The van der Waals surface area contributed by atoms with Gasteiger partial charge in [0.25, 0.3) is 0 Å². The van der Waals surface area contributed by atoms with Crippen LogP contribution in [0.5, 0.6) is 0 Å². The van der Waals surface area contributed by atoms with Gasteiger partial charge in [-0.25, -0.2) is 0 Å². The number of nitrogens with zero attached hydrogens (tertiary/aromatic N) is 3. The number of aryl methyl sites for hydroxylation is 1. The largest absolute Gasteiger partial charge is 0.355 e. The third-order valence-electron chi connectivity index (χ3n) is 4.86. The third kappa shape index (κ3) is 4.28. The summed E-state index contributed by atoms with van der Waals surface area (Å²) in [6.07, 6.45) is 3.85. The maximum absolute atomic E-state index is 12.6. The second-order valence-electron chi connectivity index (χ2n) is 7.13. The molecule has 2 aromatic rings. The zero-order chi connectivity index (χ0) is 17.8. The molecule has 1 unspecified atom stereocenters. The molecule has 3 rings (SSSR count). The van der Waals surface area contributed by atoms with E-state index in [1.54, 1.807) is 0 Å². The number of hydrogen-bond acceptors (Lipinski definition) is 3. The van der Waals surface area contributed by atoms with Crippen molar-refractivity contribution in [2.24, 2.45) is 0 Å². The molecule has 1 aliphatic rings. The predicted octanol–water partition coefficient (Wildman–Crippen LogP) is 2.71. The minimum absolute atomic E-state index is 0.133. The molecule has 134 valence electrons. The van der Waals surface area contributed by atoms with Gasteiger partial charge in [0.2, 0.25) is 5.91 Å². The number of carbonyl (C=O) groups is 1. The molecule has 0 bridgehead atoms. The molecule has 25 heavy (non-hydrogen) atoms. The van der Waals surface area contributed by atoms with Crippen molar-refractivity contribution >= 4 is 5.91 Å². The van der Waals surface area contributed by atoms with E-state index in [1.165, 1.54) is 11.1 Å². The number of hydrogen-bond donors (Lipinski definition) is 1. The predicted molar refractivity (Wildman–Crippen MR) is 99.3 cm³/mol. The van der Waals surface area contributed by atoms with Crippen LogP contribution in [0.4, 0.5) is 0 Å². The van der Waals surface area contributed by atoms with Crippen molar-refractivity contribution in [3.05, 3.63) is 53.3 Å². The van der Waals surface area contributed by atoms with E-state index in [-0.39, 0.29) is 11.9 Å². The van der Waals surface area contributed by atoms with E-state index in [9.17, 15) is 4.79 Å². The summed E-state index contributed by atoms with van der Waals surface area (Å²) in [5, 5.41) is 7.68. The molecule has 5 heteroatoms. The molecule has 1 N–H and O–H groups in total. The van der Waals surface area contributed by atoms with Gasteiger partial charge >= 0.3 is 0 Å². The first-order valence-electron chi connectivity index (χ1n) is 9.15. The summed E-state index contributed by atoms with van der Waals surface area (Å²) in [5.74, 6) is 0.134. The Morgan fingerprint density at radius 1 is 1.28 bits per heavy atom. The van der Waals surface area contributed by atoms with Crippen molar-refractivity contribution < 1.29 is 4.79 Å². The molecular formula is C20H28N4O. The lowest BCUT2D eigenvalue weighted by atomic mass is 10.0. The van der Waals surface area contributed by atoms with Crippen molar-refractivity contribution in [1.82, 2.24) is 20.0 Å². The zero-order valence-corrected chi connectivity index (χ0v) is 15.4. The second kappa shape index (κ2) is 7.83. The average Bonchev–Trinajstić information content (AvgIpc) is 2.88. The standard InChI is InChI=1S/C20H28N4O/c1-15(2)24-14-18(16(3)22-24)13-23-11-7-10-21-20(25)19(23)12-17-8-5-4-6-9-17/h4-6,8-9,14-15,19H,7,10-13H2,1-3H3,(H,21,25). The first-order valence-corrected chi connectivity index (χ1v) is 9.15. The summed E-state index contributed by atoms with van der Waals surface area (Å²) in [4.78, 5) is 15.0. The van der Waals surface area contributed by atoms with E-state index in [4.69, 9.17) is 0 Å². The third-order valence-corrected chi connectivity index (χ3v) is 4.86. The van der Waals surface area contributed by atoms with Crippen LogP contribution in [-0.4, -0.2) is 39.7 Å². The van der Waals surface area contributed by atoms with Gasteiger partial charge in [-0.3, -0.25) is 14.4 Å². The van der Waals surface area contributed by atoms with Gasteiger partial charge in [0.1, 0.15) is 0 Å². The van der Waals surface area contributed by atoms with Crippen LogP contribution in [0.25, 0.3) is 0 Å². The van der Waals surface area contributed by atoms with Gasteiger partial charge in [0, 0.05) is 37.4 Å². The van der Waals surface area contributed by atoms with Crippen LogP contribution >= 0.6 is 0 Å². The van der Waals surface area contributed by atoms with Gasteiger partial charge in [-0.1, -0.05) is 30.3 Å². The van der Waals surface area contributed by atoms with Crippen LogP contribution in [0.1, 0.15) is 43.1 Å². The maximum Gasteiger partial charge on any atom is 0.237 e. The zero-order valence-electron chi connectivity index (χ0n) is 15.4. The molecule has 0 radical (unpaired) electrons. The first kappa shape index (κ1) is 17.7. The molecule has 1 atom stereocenters. The van der Waals surface area contributed by atoms with E-state index < -0.39 is 0 Å². The first-order chi connectivity index (χ1) is 12.0. The number of amides is 1. The molecule has 1 aliphatic heterocycles. The minimum Gasteiger partial charge on any atom is -0.355 e. The molecule has 5 nitrogen and oxygen atoms in total. The normalized spacial score (nSPS) is 19.0. The highest BCUT2D eigenvalue weighted by molar-refractivity contribution is 5.82. The van der Waals surface area contributed by atoms with E-state index in [1.807, 2.05) is 22.9 Å². The summed E-state index contributed by atoms with van der Waals surface area (Å²) in [6, 6.07) is 10.5. The van der Waals surface area contributed by atoms with Gasteiger partial charge < -0.3 is 5.32 Å². The Morgan fingerprint density at radius 2 is 2.04 bits per heavy atom. The summed E-state index contributed by atoms with van der Waals surface area (Å²) >= 11 is 0. The highest BCUT2D eigenvalue weighted by Crippen LogP contribution is 2.18. The van der Waals surface area contributed by atoms with Crippen LogP contribution in [-0.2, 0) is 17.8 Å². The molecule has 1 amide bonds. The molecule has 1 fully saturated rings. The lowest BCUT2D eigenvalue weighted by Gasteiger charge is -2.28. The number of aromatic nitrogens is 2. The number of nitrogens with one attached hydrogen (secondary N) is 1. The number of rotatable bonds is 5. The van der Waals surface area contributed by atoms with Crippen LogP contribution in [0, 0.1) is 6.92 Å². The van der Waals surface area contributed by atoms with Crippen molar-refractivity contribution in [2.45, 2.75) is 52.2 Å². The van der Waals surface area contributed by atoms with Gasteiger partial charge in [-0.15, -0.1) is 0 Å². The monoisotopic (exact) mass is 340 g/mol. The van der Waals surface area contributed by atoms with Crippen LogP contribution in [0.15, 0.2) is 36.5 Å². The molecule has 0 saturated carbocycles. The quantitative estimate of drug-likeness (QED) is 0.910. The van der Waals surface area contributed by atoms with Crippen molar-refractivity contribution in [3.63, 3.8) is 0 Å². The van der Waals surface area contributed by atoms with Crippen LogP contribution in [0.2, 0.25) is 0 Å². The van der Waals surface area contributed by atoms with E-state index in [0.29, 0.717) is 6.04 Å². The summed E-state index contributed by atoms with van der Waals surface area (Å²) in [6.45, 7) is 8.76. The second-order valence-corrected chi connectivity index (χ2v) is 7.13. The summed E-state index contributed by atoms with van der Waals surface area (Å²) in [5.41, 5.74) is 3.46. The lowest BCUT2D eigenvalue weighted by Crippen LogP contribution is -2.45. The van der Waals surface area contributed by atoms with Gasteiger partial charge in [0.05, 0.1) is 11.7 Å². The SMILES string of the molecule is Cc1nn(C(C)C)cc1CN1CCCNC(=O)C1Cc1ccccc1. The summed E-state index contributed by atoms with van der Waals surface area (Å²) < 4.78 is 2.01. The Kier molecular flexibility index (Phi) is 5.53.